The van der Waals surface area contributed by atoms with Gasteiger partial charge >= 0.3 is 6.09 Å². The van der Waals surface area contributed by atoms with Gasteiger partial charge in [-0.1, -0.05) is 18.2 Å². The van der Waals surface area contributed by atoms with Crippen LogP contribution in [0.15, 0.2) is 67.1 Å². The fraction of sp³-hybridized carbons (Fsp3) is 0.360. The second kappa shape index (κ2) is 9.54. The average Bonchev–Trinajstić information content (AvgIpc) is 3.34. The van der Waals surface area contributed by atoms with E-state index in [1.807, 2.05) is 57.2 Å². The molecule has 9 nitrogen and oxygen atoms in total. The molecule has 2 aromatic heterocycles. The number of nitrogens with zero attached hydrogens (tertiary/aromatic N) is 4. The normalized spacial score (nSPS) is 15.4. The van der Waals surface area contributed by atoms with Crippen LogP contribution in [0.4, 0.5) is 16.2 Å². The summed E-state index contributed by atoms with van der Waals surface area (Å²) in [4.78, 5) is 32.1. The summed E-state index contributed by atoms with van der Waals surface area (Å²) in [5.41, 5.74) is -0.0264. The first-order valence-electron chi connectivity index (χ1n) is 11.3. The minimum Gasteiger partial charge on any atom is -0.444 e. The number of aromatic nitrogens is 3. The Morgan fingerprint density at radius 3 is 2.32 bits per heavy atom. The lowest BCUT2D eigenvalue weighted by atomic mass is 9.86. The molecule has 4 rings (SSSR count). The van der Waals surface area contributed by atoms with E-state index < -0.39 is 11.1 Å². The summed E-state index contributed by atoms with van der Waals surface area (Å²) in [6.07, 6.45) is 5.61. The highest BCUT2D eigenvalue weighted by molar-refractivity contribution is 6.00. The lowest BCUT2D eigenvalue weighted by Gasteiger charge is -2.41. The van der Waals surface area contributed by atoms with Crippen LogP contribution in [-0.4, -0.2) is 55.9 Å². The van der Waals surface area contributed by atoms with E-state index in [4.69, 9.17) is 4.74 Å². The first-order chi connectivity index (χ1) is 16.2. The summed E-state index contributed by atoms with van der Waals surface area (Å²) in [7, 11) is 0. The number of carbonyl (C=O) groups excluding carboxylic acids is 2. The van der Waals surface area contributed by atoms with Gasteiger partial charge in [0.2, 0.25) is 5.91 Å². The number of para-hydroxylation sites is 1. The number of benzene rings is 1. The molecule has 2 N–H and O–H groups in total. The van der Waals surface area contributed by atoms with Crippen LogP contribution >= 0.6 is 0 Å². The summed E-state index contributed by atoms with van der Waals surface area (Å²) in [5.74, 6) is 0.486. The molecule has 0 bridgehead atoms. The molecule has 178 valence electrons. The molecule has 1 fully saturated rings. The average molecular weight is 463 g/mol. The van der Waals surface area contributed by atoms with Gasteiger partial charge in [0.15, 0.2) is 5.82 Å². The predicted molar refractivity (Wildman–Crippen MR) is 130 cm³/mol. The minimum atomic E-state index is -0.888. The Balaban J connectivity index is 1.49. The zero-order valence-electron chi connectivity index (χ0n) is 19.7. The summed E-state index contributed by atoms with van der Waals surface area (Å²) in [6, 6.07) is 15.0. The molecule has 1 aliphatic rings. The molecule has 0 unspecified atom stereocenters. The highest BCUT2D eigenvalue weighted by Crippen LogP contribution is 2.30. The van der Waals surface area contributed by atoms with Gasteiger partial charge in [0.05, 0.1) is 11.9 Å². The van der Waals surface area contributed by atoms with Crippen molar-refractivity contribution in [1.29, 1.82) is 0 Å². The number of carbonyl (C=O) groups is 2. The Hall–Kier alpha value is -3.88. The molecular formula is C25H30N6O3. The molecule has 0 atom stereocenters. The van der Waals surface area contributed by atoms with Gasteiger partial charge in [-0.25, -0.2) is 14.5 Å². The van der Waals surface area contributed by atoms with Crippen molar-refractivity contribution < 1.29 is 14.3 Å². The van der Waals surface area contributed by atoms with E-state index in [0.29, 0.717) is 37.4 Å². The van der Waals surface area contributed by atoms with Gasteiger partial charge in [-0.05, 0) is 63.9 Å². The second-order valence-electron chi connectivity index (χ2n) is 9.35. The van der Waals surface area contributed by atoms with E-state index in [0.717, 1.165) is 5.69 Å². The zero-order chi connectivity index (χ0) is 24.2. The van der Waals surface area contributed by atoms with Crippen molar-refractivity contribution >= 4 is 23.4 Å². The van der Waals surface area contributed by atoms with E-state index >= 15 is 0 Å². The molecule has 3 heterocycles. The van der Waals surface area contributed by atoms with Gasteiger partial charge in [-0.15, -0.1) is 0 Å². The molecular weight excluding hydrogens is 432 g/mol. The van der Waals surface area contributed by atoms with Crippen LogP contribution in [0, 0.1) is 0 Å². The maximum absolute atomic E-state index is 13.6. The molecule has 1 saturated heterocycles. The topological polar surface area (TPSA) is 101 Å². The van der Waals surface area contributed by atoms with Crippen molar-refractivity contribution in [2.24, 2.45) is 0 Å². The van der Waals surface area contributed by atoms with E-state index in [1.165, 1.54) is 0 Å². The highest BCUT2D eigenvalue weighted by Gasteiger charge is 2.43. The highest BCUT2D eigenvalue weighted by atomic mass is 16.6. The number of likely N-dealkylation sites (tertiary alicyclic amines) is 1. The fourth-order valence-corrected chi connectivity index (χ4v) is 3.85. The van der Waals surface area contributed by atoms with Gasteiger partial charge in [0, 0.05) is 31.2 Å². The van der Waals surface area contributed by atoms with Crippen LogP contribution in [0.25, 0.3) is 5.82 Å². The molecule has 0 aliphatic carbocycles. The van der Waals surface area contributed by atoms with Crippen molar-refractivity contribution in [3.8, 4) is 5.82 Å². The van der Waals surface area contributed by atoms with Crippen molar-refractivity contribution in [3.63, 3.8) is 0 Å². The molecule has 3 aromatic rings. The number of piperidine rings is 1. The minimum absolute atomic E-state index is 0.172. The van der Waals surface area contributed by atoms with Crippen molar-refractivity contribution in [2.75, 3.05) is 23.7 Å². The molecule has 0 radical (unpaired) electrons. The number of amides is 2. The number of hydrogen-bond donors (Lipinski definition) is 2. The quantitative estimate of drug-likeness (QED) is 0.592. The van der Waals surface area contributed by atoms with Gasteiger partial charge < -0.3 is 20.3 Å². The van der Waals surface area contributed by atoms with Crippen LogP contribution in [0.2, 0.25) is 0 Å². The summed E-state index contributed by atoms with van der Waals surface area (Å²) < 4.78 is 7.16. The first kappa shape index (κ1) is 23.3. The van der Waals surface area contributed by atoms with Crippen LogP contribution in [-0.2, 0) is 9.53 Å². The van der Waals surface area contributed by atoms with Crippen LogP contribution in [0.5, 0.6) is 0 Å². The number of ether oxygens (including phenoxy) is 1. The molecule has 0 spiro atoms. The molecule has 34 heavy (non-hydrogen) atoms. The third kappa shape index (κ3) is 5.54. The van der Waals surface area contributed by atoms with Crippen molar-refractivity contribution in [2.45, 2.75) is 44.8 Å². The molecule has 9 heteroatoms. The Kier molecular flexibility index (Phi) is 6.54. The Morgan fingerprint density at radius 2 is 1.74 bits per heavy atom. The smallest absolute Gasteiger partial charge is 0.410 e. The number of rotatable bonds is 5. The summed E-state index contributed by atoms with van der Waals surface area (Å²) in [5, 5.41) is 10.6. The lowest BCUT2D eigenvalue weighted by Crippen LogP contribution is -2.57. The Bertz CT molecular complexity index is 1100. The SMILES string of the molecule is CC(C)(C)OC(=O)N1CCC(Nc2ccccc2)(C(=O)Nc2ccc(-n3cccn3)nc2)CC1. The molecule has 1 aliphatic heterocycles. The zero-order valence-corrected chi connectivity index (χ0v) is 19.7. The summed E-state index contributed by atoms with van der Waals surface area (Å²) in [6.45, 7) is 6.33. The van der Waals surface area contributed by atoms with Gasteiger partial charge in [-0.3, -0.25) is 4.79 Å². The third-order valence-electron chi connectivity index (χ3n) is 5.61. The molecule has 1 aromatic carbocycles. The monoisotopic (exact) mass is 462 g/mol. The van der Waals surface area contributed by atoms with Gasteiger partial charge in [0.25, 0.3) is 0 Å². The first-order valence-corrected chi connectivity index (χ1v) is 11.3. The van der Waals surface area contributed by atoms with Crippen LogP contribution in [0.3, 0.4) is 0 Å². The van der Waals surface area contributed by atoms with Crippen molar-refractivity contribution in [3.05, 3.63) is 67.1 Å². The van der Waals surface area contributed by atoms with E-state index in [-0.39, 0.29) is 12.0 Å². The summed E-state index contributed by atoms with van der Waals surface area (Å²) >= 11 is 0. The van der Waals surface area contributed by atoms with E-state index in [1.54, 1.807) is 40.3 Å². The number of hydrogen-bond acceptors (Lipinski definition) is 6. The third-order valence-corrected chi connectivity index (χ3v) is 5.61. The number of anilines is 2. The van der Waals surface area contributed by atoms with Gasteiger partial charge in [-0.2, -0.15) is 5.10 Å². The molecule has 2 amide bonds. The van der Waals surface area contributed by atoms with Crippen LogP contribution in [0.1, 0.15) is 33.6 Å². The largest absolute Gasteiger partial charge is 0.444 e. The number of pyridine rings is 1. The predicted octanol–water partition coefficient (Wildman–Crippen LogP) is 4.09. The van der Waals surface area contributed by atoms with Crippen LogP contribution < -0.4 is 10.6 Å². The Morgan fingerprint density at radius 1 is 1.00 bits per heavy atom. The van der Waals surface area contributed by atoms with Crippen molar-refractivity contribution in [1.82, 2.24) is 19.7 Å². The standard InChI is InChI=1S/C25H30N6O3/c1-24(2,3)34-23(33)30-16-12-25(13-17-30,29-19-8-5-4-6-9-19)22(32)28-20-10-11-21(26-18-20)31-15-7-14-27-31/h4-11,14-15,18,29H,12-13,16-17H2,1-3H3,(H,28,32). The lowest BCUT2D eigenvalue weighted by molar-refractivity contribution is -0.121. The fourth-order valence-electron chi connectivity index (χ4n) is 3.85. The van der Waals surface area contributed by atoms with Gasteiger partial charge in [0.1, 0.15) is 11.1 Å². The maximum Gasteiger partial charge on any atom is 0.410 e. The number of nitrogens with one attached hydrogen (secondary N) is 2. The molecule has 0 saturated carbocycles. The maximum atomic E-state index is 13.6. The van der Waals surface area contributed by atoms with E-state index in [9.17, 15) is 9.59 Å². The Labute approximate surface area is 199 Å². The second-order valence-corrected chi connectivity index (χ2v) is 9.35. The van der Waals surface area contributed by atoms with E-state index in [2.05, 4.69) is 20.7 Å².